The van der Waals surface area contributed by atoms with Crippen LogP contribution in [0, 0.1) is 12.7 Å². The number of phenols is 1. The molecule has 0 aliphatic carbocycles. The Morgan fingerprint density at radius 3 is 2.58 bits per heavy atom. The van der Waals surface area contributed by atoms with E-state index in [9.17, 15) is 32.3 Å². The highest BCUT2D eigenvalue weighted by Gasteiger charge is 2.26. The molecule has 3 heterocycles. The summed E-state index contributed by atoms with van der Waals surface area (Å²) in [6.45, 7) is 2.62. The van der Waals surface area contributed by atoms with Gasteiger partial charge in [-0.05, 0) is 31.2 Å². The molecule has 0 saturated heterocycles. The van der Waals surface area contributed by atoms with Gasteiger partial charge in [-0.1, -0.05) is 18.5 Å². The molecule has 2 aromatic heterocycles. The Hall–Kier alpha value is -3.87. The average molecular weight is 530 g/mol. The first-order valence-electron chi connectivity index (χ1n) is 10.3. The van der Waals surface area contributed by atoms with Crippen LogP contribution < -0.4 is 15.0 Å². The molecule has 14 heteroatoms. The zero-order chi connectivity index (χ0) is 26.8. The van der Waals surface area contributed by atoms with Gasteiger partial charge in [0.1, 0.15) is 17.3 Å². The summed E-state index contributed by atoms with van der Waals surface area (Å²) in [5, 5.41) is 19.2. The van der Waals surface area contributed by atoms with E-state index in [1.807, 2.05) is 0 Å². The number of likely N-dealkylation sites (N-methyl/N-ethyl adjacent to an activating group) is 1. The number of amides is 2. The minimum Gasteiger partial charge on any atom is -0.507 e. The van der Waals surface area contributed by atoms with Gasteiger partial charge in [0.05, 0.1) is 17.0 Å². The molecular formula is C22H20ClF4N5O4. The fourth-order valence-corrected chi connectivity index (χ4v) is 3.19. The predicted octanol–water partition coefficient (Wildman–Crippen LogP) is 4.84. The molecule has 0 bridgehead atoms. The molecule has 1 aliphatic heterocycles. The molecule has 4 rings (SSSR count). The van der Waals surface area contributed by atoms with Gasteiger partial charge in [-0.3, -0.25) is 19.6 Å². The van der Waals surface area contributed by atoms with Crippen LogP contribution in [0.1, 0.15) is 29.4 Å². The number of aromatic hydroxyl groups is 1. The van der Waals surface area contributed by atoms with Gasteiger partial charge in [0.2, 0.25) is 0 Å². The number of carbonyl (C=O) groups excluding carboxylic acids is 2. The van der Waals surface area contributed by atoms with Gasteiger partial charge < -0.3 is 15.2 Å². The minimum absolute atomic E-state index is 0.0385. The van der Waals surface area contributed by atoms with Crippen molar-refractivity contribution in [3.63, 3.8) is 0 Å². The molecule has 192 valence electrons. The third kappa shape index (κ3) is 5.85. The predicted molar refractivity (Wildman–Crippen MR) is 123 cm³/mol. The maximum atomic E-state index is 14.8. The van der Waals surface area contributed by atoms with Crippen LogP contribution in [-0.4, -0.2) is 51.9 Å². The maximum absolute atomic E-state index is 14.8. The SMILES string of the molecule is CCC(F)(F)F.Cc1[nH]nc(Cl)c1NC(=O)c1cc(F)c(-c2ccc3c(n2)N(C)C(=O)CO3)cc1O. The topological polar surface area (TPSA) is 120 Å². The van der Waals surface area contributed by atoms with Gasteiger partial charge in [0.25, 0.3) is 11.8 Å². The van der Waals surface area contributed by atoms with Crippen LogP contribution in [-0.2, 0) is 4.79 Å². The number of fused-ring (bicyclic) bond motifs is 1. The van der Waals surface area contributed by atoms with Crippen LogP contribution in [0.4, 0.5) is 29.1 Å². The van der Waals surface area contributed by atoms with Crippen LogP contribution in [0.2, 0.25) is 5.15 Å². The molecule has 0 fully saturated rings. The molecule has 0 saturated carbocycles. The minimum atomic E-state index is -3.96. The van der Waals surface area contributed by atoms with Crippen molar-refractivity contribution in [2.24, 2.45) is 0 Å². The normalized spacial score (nSPS) is 12.9. The first kappa shape index (κ1) is 26.7. The van der Waals surface area contributed by atoms with E-state index in [4.69, 9.17) is 16.3 Å². The molecule has 0 radical (unpaired) electrons. The van der Waals surface area contributed by atoms with Gasteiger partial charge >= 0.3 is 6.18 Å². The maximum Gasteiger partial charge on any atom is 0.388 e. The first-order valence-corrected chi connectivity index (χ1v) is 10.7. The third-order valence-corrected chi connectivity index (χ3v) is 5.30. The van der Waals surface area contributed by atoms with Crippen molar-refractivity contribution in [1.29, 1.82) is 0 Å². The van der Waals surface area contributed by atoms with Crippen molar-refractivity contribution in [1.82, 2.24) is 15.2 Å². The number of hydrogen-bond donors (Lipinski definition) is 3. The number of carbonyl (C=O) groups is 2. The highest BCUT2D eigenvalue weighted by Crippen LogP contribution is 2.35. The Labute approximate surface area is 207 Å². The third-order valence-electron chi connectivity index (χ3n) is 5.03. The number of nitrogens with one attached hydrogen (secondary N) is 2. The van der Waals surface area contributed by atoms with Crippen molar-refractivity contribution in [3.8, 4) is 22.8 Å². The summed E-state index contributed by atoms with van der Waals surface area (Å²) < 4.78 is 52.5. The summed E-state index contributed by atoms with van der Waals surface area (Å²) in [6, 6.07) is 5.04. The molecule has 0 spiro atoms. The monoisotopic (exact) mass is 529 g/mol. The second kappa shape index (κ2) is 10.4. The Balaban J connectivity index is 0.000000538. The van der Waals surface area contributed by atoms with Gasteiger partial charge in [-0.25, -0.2) is 9.37 Å². The molecular weight excluding hydrogens is 510 g/mol. The van der Waals surface area contributed by atoms with E-state index < -0.39 is 30.1 Å². The number of pyridine rings is 1. The number of anilines is 2. The van der Waals surface area contributed by atoms with Crippen molar-refractivity contribution < 1.29 is 37.0 Å². The molecule has 1 aromatic carbocycles. The lowest BCUT2D eigenvalue weighted by atomic mass is 10.1. The average Bonchev–Trinajstić information content (AvgIpc) is 3.14. The van der Waals surface area contributed by atoms with Gasteiger partial charge in [0, 0.05) is 19.0 Å². The van der Waals surface area contributed by atoms with E-state index in [0.717, 1.165) is 19.1 Å². The van der Waals surface area contributed by atoms with Crippen LogP contribution in [0.3, 0.4) is 0 Å². The molecule has 2 amide bonds. The first-order chi connectivity index (χ1) is 16.8. The van der Waals surface area contributed by atoms with Gasteiger partial charge in [0.15, 0.2) is 23.3 Å². The summed E-state index contributed by atoms with van der Waals surface area (Å²) in [4.78, 5) is 29.9. The van der Waals surface area contributed by atoms with Gasteiger partial charge in [-0.15, -0.1) is 0 Å². The zero-order valence-corrected chi connectivity index (χ0v) is 19.9. The standard InChI is InChI=1S/C19H15ClFN5O4.C3H5F3/c1-8-16(17(20)25-24-8)23-19(29)10-5-11(21)9(6-13(10)27)12-3-4-14-18(22-12)26(2)15(28)7-30-14;1-2-3(4,5)6/h3-6,27H,7H2,1-2H3,(H,23,29)(H,24,25);2H2,1H3. The van der Waals surface area contributed by atoms with Crippen molar-refractivity contribution in [2.75, 3.05) is 23.9 Å². The van der Waals surface area contributed by atoms with E-state index in [2.05, 4.69) is 20.5 Å². The number of benzene rings is 1. The van der Waals surface area contributed by atoms with E-state index in [1.54, 1.807) is 13.0 Å². The van der Waals surface area contributed by atoms with Crippen LogP contribution in [0.15, 0.2) is 24.3 Å². The quantitative estimate of drug-likeness (QED) is 0.417. The highest BCUT2D eigenvalue weighted by molar-refractivity contribution is 6.33. The van der Waals surface area contributed by atoms with E-state index in [0.29, 0.717) is 11.4 Å². The fourth-order valence-electron chi connectivity index (χ4n) is 2.96. The summed E-state index contributed by atoms with van der Waals surface area (Å²) in [6.07, 6.45) is -4.69. The van der Waals surface area contributed by atoms with Crippen molar-refractivity contribution in [2.45, 2.75) is 26.4 Å². The van der Waals surface area contributed by atoms with Crippen LogP contribution in [0.5, 0.6) is 11.5 Å². The Morgan fingerprint density at radius 2 is 2.00 bits per heavy atom. The lowest BCUT2D eigenvalue weighted by Gasteiger charge is -2.25. The second-order valence-corrected chi connectivity index (χ2v) is 7.90. The molecule has 36 heavy (non-hydrogen) atoms. The molecule has 3 aromatic rings. The Morgan fingerprint density at radius 1 is 1.33 bits per heavy atom. The number of hydrogen-bond acceptors (Lipinski definition) is 6. The number of phenolic OH excluding ortho intramolecular Hbond substituents is 1. The Kier molecular flexibility index (Phi) is 7.72. The molecule has 0 atom stereocenters. The molecule has 3 N–H and O–H groups in total. The van der Waals surface area contributed by atoms with Crippen LogP contribution >= 0.6 is 11.6 Å². The summed E-state index contributed by atoms with van der Waals surface area (Å²) in [5.41, 5.74) is 0.559. The van der Waals surface area contributed by atoms with Crippen molar-refractivity contribution >= 4 is 34.9 Å². The number of aromatic nitrogens is 3. The number of aryl methyl sites for hydroxylation is 1. The van der Waals surface area contributed by atoms with E-state index in [1.165, 1.54) is 18.0 Å². The lowest BCUT2D eigenvalue weighted by molar-refractivity contribution is -0.130. The number of halogens is 5. The number of aromatic amines is 1. The number of nitrogens with zero attached hydrogens (tertiary/aromatic N) is 3. The van der Waals surface area contributed by atoms with Gasteiger partial charge in [-0.2, -0.15) is 18.3 Å². The lowest BCUT2D eigenvalue weighted by Crippen LogP contribution is -2.36. The second-order valence-electron chi connectivity index (χ2n) is 7.55. The Bertz CT molecular complexity index is 1290. The zero-order valence-electron chi connectivity index (χ0n) is 19.1. The number of H-pyrrole nitrogens is 1. The number of alkyl halides is 3. The number of rotatable bonds is 3. The largest absolute Gasteiger partial charge is 0.507 e. The fraction of sp³-hybridized carbons (Fsp3) is 0.273. The summed E-state index contributed by atoms with van der Waals surface area (Å²) in [5.74, 6) is -1.69. The molecule has 1 aliphatic rings. The molecule has 0 unspecified atom stereocenters. The van der Waals surface area contributed by atoms with E-state index >= 15 is 0 Å². The van der Waals surface area contributed by atoms with E-state index in [-0.39, 0.29) is 46.0 Å². The smallest absolute Gasteiger partial charge is 0.388 e. The molecule has 9 nitrogen and oxygen atoms in total. The number of ether oxygens (including phenoxy) is 1. The highest BCUT2D eigenvalue weighted by atomic mass is 35.5. The van der Waals surface area contributed by atoms with Crippen molar-refractivity contribution in [3.05, 3.63) is 46.5 Å². The summed E-state index contributed by atoms with van der Waals surface area (Å²) >= 11 is 5.89. The summed E-state index contributed by atoms with van der Waals surface area (Å²) in [7, 11) is 1.53. The van der Waals surface area contributed by atoms with Crippen LogP contribution in [0.25, 0.3) is 11.3 Å².